The molecule has 0 saturated heterocycles. The van der Waals surface area contributed by atoms with Gasteiger partial charge >= 0.3 is 0 Å². The number of benzene rings is 3. The number of aryl methyl sites for hydroxylation is 2. The summed E-state index contributed by atoms with van der Waals surface area (Å²) in [5, 5.41) is 18.9. The molecule has 5 rings (SSSR count). The molecule has 1 atom stereocenters. The van der Waals surface area contributed by atoms with Gasteiger partial charge < -0.3 is 20.1 Å². The molecule has 3 aromatic carbocycles. The van der Waals surface area contributed by atoms with Crippen molar-refractivity contribution in [1.29, 1.82) is 0 Å². The van der Waals surface area contributed by atoms with Crippen LogP contribution in [0.2, 0.25) is 5.02 Å². The molecule has 11 heteroatoms. The first-order valence-corrected chi connectivity index (χ1v) is 13.3. The molecule has 2 heterocycles. The summed E-state index contributed by atoms with van der Waals surface area (Å²) in [5.74, 6) is 1.14. The van der Waals surface area contributed by atoms with Crippen molar-refractivity contribution >= 4 is 45.1 Å². The van der Waals surface area contributed by atoms with E-state index in [1.165, 1.54) is 0 Å². The standard InChI is InChI=1S/C28H26BrClN6O3/c1-15-9-10-22(16(2)11-15)32-27(37)24-17(3)31-28-33-34-35-36(28)25(24)19-12-20(29)26(23(13-19)38-4)39-14-18-7-5-6-8-21(18)30/h5-13,25H,14H2,1-4H3,(H,32,37)(H,31,33,35). The number of fused-ring (bicyclic) bond motifs is 1. The number of nitrogens with zero attached hydrogens (tertiary/aromatic N) is 4. The Morgan fingerprint density at radius 3 is 2.69 bits per heavy atom. The van der Waals surface area contributed by atoms with Gasteiger partial charge in [-0.15, -0.1) is 0 Å². The van der Waals surface area contributed by atoms with Crippen molar-refractivity contribution in [3.8, 4) is 11.5 Å². The van der Waals surface area contributed by atoms with Crippen LogP contribution in [0.1, 0.15) is 35.2 Å². The van der Waals surface area contributed by atoms with E-state index in [-0.39, 0.29) is 12.5 Å². The molecular weight excluding hydrogens is 584 g/mol. The van der Waals surface area contributed by atoms with Crippen molar-refractivity contribution in [2.75, 3.05) is 17.7 Å². The molecule has 1 unspecified atom stereocenters. The van der Waals surface area contributed by atoms with Gasteiger partial charge in [0.2, 0.25) is 5.95 Å². The molecule has 1 aromatic heterocycles. The number of halogens is 2. The molecule has 4 aromatic rings. The summed E-state index contributed by atoms with van der Waals surface area (Å²) in [6, 6.07) is 16.4. The lowest BCUT2D eigenvalue weighted by molar-refractivity contribution is -0.113. The highest BCUT2D eigenvalue weighted by atomic mass is 79.9. The molecular formula is C28H26BrClN6O3. The molecule has 0 spiro atoms. The SMILES string of the molecule is COc1cc(C2C(C(=O)Nc3ccc(C)cc3C)=C(C)Nc3nnnn32)cc(Br)c1OCc1ccccc1Cl. The molecule has 0 aliphatic carbocycles. The fourth-order valence-corrected chi connectivity index (χ4v) is 5.33. The number of anilines is 2. The second kappa shape index (κ2) is 11.1. The zero-order valence-corrected chi connectivity index (χ0v) is 24.1. The number of hydrogen-bond acceptors (Lipinski definition) is 7. The van der Waals surface area contributed by atoms with Crippen LogP contribution < -0.4 is 20.1 Å². The quantitative estimate of drug-likeness (QED) is 0.256. The van der Waals surface area contributed by atoms with Crippen molar-refractivity contribution in [2.45, 2.75) is 33.4 Å². The predicted molar refractivity (Wildman–Crippen MR) is 153 cm³/mol. The van der Waals surface area contributed by atoms with E-state index in [0.717, 1.165) is 27.9 Å². The lowest BCUT2D eigenvalue weighted by atomic mass is 9.94. The molecule has 9 nitrogen and oxygen atoms in total. The maximum atomic E-state index is 13.8. The zero-order chi connectivity index (χ0) is 27.7. The van der Waals surface area contributed by atoms with Gasteiger partial charge in [-0.3, -0.25) is 4.79 Å². The van der Waals surface area contributed by atoms with E-state index in [0.29, 0.717) is 38.2 Å². The van der Waals surface area contributed by atoms with Crippen LogP contribution in [0.3, 0.4) is 0 Å². The molecule has 39 heavy (non-hydrogen) atoms. The topological polar surface area (TPSA) is 103 Å². The second-order valence-electron chi connectivity index (χ2n) is 9.20. The highest BCUT2D eigenvalue weighted by molar-refractivity contribution is 9.10. The summed E-state index contributed by atoms with van der Waals surface area (Å²) in [6.45, 7) is 6.05. The molecule has 1 aliphatic rings. The van der Waals surface area contributed by atoms with Crippen LogP contribution in [0.5, 0.6) is 11.5 Å². The van der Waals surface area contributed by atoms with Crippen LogP contribution >= 0.6 is 27.5 Å². The molecule has 0 radical (unpaired) electrons. The number of allylic oxidation sites excluding steroid dienone is 1. The van der Waals surface area contributed by atoms with Gasteiger partial charge in [0.05, 0.1) is 17.2 Å². The van der Waals surface area contributed by atoms with Crippen LogP contribution in [0, 0.1) is 13.8 Å². The largest absolute Gasteiger partial charge is 0.493 e. The van der Waals surface area contributed by atoms with Gasteiger partial charge in [0, 0.05) is 22.0 Å². The predicted octanol–water partition coefficient (Wildman–Crippen LogP) is 6.22. The molecule has 0 bridgehead atoms. The molecule has 0 saturated carbocycles. The maximum absolute atomic E-state index is 13.8. The van der Waals surface area contributed by atoms with Crippen LogP contribution in [-0.4, -0.2) is 33.2 Å². The minimum Gasteiger partial charge on any atom is -0.493 e. The van der Waals surface area contributed by atoms with Gasteiger partial charge in [0.25, 0.3) is 5.91 Å². The summed E-state index contributed by atoms with van der Waals surface area (Å²) in [5.41, 5.74) is 5.49. The molecule has 1 amide bonds. The van der Waals surface area contributed by atoms with E-state index in [1.807, 2.05) is 75.4 Å². The number of nitrogens with one attached hydrogen (secondary N) is 2. The van der Waals surface area contributed by atoms with Gasteiger partial charge in [0.15, 0.2) is 11.5 Å². The Kier molecular flexibility index (Phi) is 7.58. The number of methoxy groups -OCH3 is 1. The summed E-state index contributed by atoms with van der Waals surface area (Å²) in [6.07, 6.45) is 0. The average molecular weight is 610 g/mol. The van der Waals surface area contributed by atoms with E-state index in [9.17, 15) is 4.79 Å². The number of tetrazole rings is 1. The first-order valence-electron chi connectivity index (χ1n) is 12.1. The van der Waals surface area contributed by atoms with Crippen LogP contribution in [0.4, 0.5) is 11.6 Å². The molecule has 200 valence electrons. The Morgan fingerprint density at radius 1 is 1.15 bits per heavy atom. The Bertz CT molecular complexity index is 1600. The monoisotopic (exact) mass is 608 g/mol. The van der Waals surface area contributed by atoms with Crippen molar-refractivity contribution in [3.63, 3.8) is 0 Å². The molecule has 2 N–H and O–H groups in total. The third kappa shape index (κ3) is 5.35. The summed E-state index contributed by atoms with van der Waals surface area (Å²) < 4.78 is 14.0. The Morgan fingerprint density at radius 2 is 1.95 bits per heavy atom. The Balaban J connectivity index is 1.52. The van der Waals surface area contributed by atoms with Gasteiger partial charge in [-0.25, -0.2) is 0 Å². The van der Waals surface area contributed by atoms with Crippen LogP contribution in [-0.2, 0) is 11.4 Å². The van der Waals surface area contributed by atoms with Crippen LogP contribution in [0.25, 0.3) is 0 Å². The number of amides is 1. The molecule has 1 aliphatic heterocycles. The number of rotatable bonds is 7. The van der Waals surface area contributed by atoms with Gasteiger partial charge in [0.1, 0.15) is 12.6 Å². The molecule has 0 fully saturated rings. The van der Waals surface area contributed by atoms with E-state index >= 15 is 0 Å². The average Bonchev–Trinajstić information content (AvgIpc) is 3.37. The van der Waals surface area contributed by atoms with E-state index < -0.39 is 6.04 Å². The third-order valence-corrected chi connectivity index (χ3v) is 7.44. The highest BCUT2D eigenvalue weighted by Crippen LogP contribution is 2.43. The van der Waals surface area contributed by atoms with E-state index in [4.69, 9.17) is 21.1 Å². The lowest BCUT2D eigenvalue weighted by Gasteiger charge is -2.29. The van der Waals surface area contributed by atoms with Gasteiger partial charge in [-0.2, -0.15) is 4.68 Å². The maximum Gasteiger partial charge on any atom is 0.255 e. The zero-order valence-electron chi connectivity index (χ0n) is 21.8. The number of carbonyl (C=O) groups is 1. The minimum absolute atomic E-state index is 0.251. The van der Waals surface area contributed by atoms with E-state index in [2.05, 4.69) is 42.1 Å². The Hall–Kier alpha value is -3.89. The summed E-state index contributed by atoms with van der Waals surface area (Å²) in [4.78, 5) is 13.8. The third-order valence-electron chi connectivity index (χ3n) is 6.49. The smallest absolute Gasteiger partial charge is 0.255 e. The first-order chi connectivity index (χ1) is 18.8. The van der Waals surface area contributed by atoms with Gasteiger partial charge in [-0.1, -0.05) is 52.6 Å². The van der Waals surface area contributed by atoms with Crippen LogP contribution in [0.15, 0.2) is 70.3 Å². The van der Waals surface area contributed by atoms with E-state index in [1.54, 1.807) is 11.8 Å². The lowest BCUT2D eigenvalue weighted by Crippen LogP contribution is -2.31. The Labute approximate surface area is 239 Å². The van der Waals surface area contributed by atoms with Crippen molar-refractivity contribution in [3.05, 3.63) is 97.6 Å². The fourth-order valence-electron chi connectivity index (χ4n) is 4.56. The summed E-state index contributed by atoms with van der Waals surface area (Å²) >= 11 is 9.95. The number of carbonyl (C=O) groups excluding carboxylic acids is 1. The summed E-state index contributed by atoms with van der Waals surface area (Å²) in [7, 11) is 1.56. The number of ether oxygens (including phenoxy) is 2. The van der Waals surface area contributed by atoms with Crippen molar-refractivity contribution < 1.29 is 14.3 Å². The minimum atomic E-state index is -0.634. The fraction of sp³-hybridized carbons (Fsp3) is 0.214. The van der Waals surface area contributed by atoms with Crippen molar-refractivity contribution in [2.24, 2.45) is 0 Å². The number of aromatic nitrogens is 4. The first kappa shape index (κ1) is 26.7. The highest BCUT2D eigenvalue weighted by Gasteiger charge is 2.35. The normalized spacial score (nSPS) is 14.5. The second-order valence-corrected chi connectivity index (χ2v) is 10.5. The van der Waals surface area contributed by atoms with Gasteiger partial charge in [-0.05, 0) is 82.5 Å². The van der Waals surface area contributed by atoms with Crippen molar-refractivity contribution in [1.82, 2.24) is 20.2 Å². The number of hydrogen-bond donors (Lipinski definition) is 2.